The Labute approximate surface area is 79.2 Å². The number of benzene rings is 1. The van der Waals surface area contributed by atoms with E-state index < -0.39 is 0 Å². The van der Waals surface area contributed by atoms with Crippen LogP contribution in [0.3, 0.4) is 0 Å². The second kappa shape index (κ2) is 2.85. The Morgan fingerprint density at radius 1 is 1.27 bits per heavy atom. The summed E-state index contributed by atoms with van der Waals surface area (Å²) in [7, 11) is 0. The largest absolute Gasteiger partial charge is 0.483 e. The lowest BCUT2D eigenvalue weighted by molar-refractivity contribution is 0.239. The summed E-state index contributed by atoms with van der Waals surface area (Å²) in [6.45, 7) is 0. The Kier molecular flexibility index (Phi) is 1.85. The van der Waals surface area contributed by atoms with E-state index in [1.165, 1.54) is 11.1 Å². The first-order valence-electron chi connectivity index (χ1n) is 3.43. The number of halogens is 1. The zero-order chi connectivity index (χ0) is 7.68. The molecule has 1 aromatic carbocycles. The third kappa shape index (κ3) is 1.27. The van der Waals surface area contributed by atoms with Gasteiger partial charge in [0, 0.05) is 5.56 Å². The molecule has 0 fully saturated rings. The molecule has 1 nitrogen and oxygen atoms in total. The molecular weight excluding hydrogens is 251 g/mol. The van der Waals surface area contributed by atoms with Crippen LogP contribution >= 0.6 is 22.6 Å². The van der Waals surface area contributed by atoms with Crippen molar-refractivity contribution in [2.45, 2.75) is 4.11 Å². The molecule has 0 saturated carbocycles. The molecule has 2 rings (SSSR count). The normalized spacial score (nSPS) is 20.6. The maximum atomic E-state index is 5.31. The smallest absolute Gasteiger partial charge is 0.174 e. The van der Waals surface area contributed by atoms with E-state index in [1.807, 2.05) is 18.2 Å². The highest BCUT2D eigenvalue weighted by molar-refractivity contribution is 14.1. The van der Waals surface area contributed by atoms with Gasteiger partial charge in [0.1, 0.15) is 0 Å². The van der Waals surface area contributed by atoms with Gasteiger partial charge in [0.2, 0.25) is 0 Å². The minimum absolute atomic E-state index is 0.175. The van der Waals surface area contributed by atoms with Gasteiger partial charge in [-0.1, -0.05) is 24.3 Å². The van der Waals surface area contributed by atoms with Gasteiger partial charge in [-0.2, -0.15) is 0 Å². The SMILES string of the molecule is IC1OC=Cc2ccccc21. The van der Waals surface area contributed by atoms with Crippen molar-refractivity contribution in [2.24, 2.45) is 0 Å². The van der Waals surface area contributed by atoms with Crippen LogP contribution in [0.4, 0.5) is 0 Å². The lowest BCUT2D eigenvalue weighted by Crippen LogP contribution is -1.98. The average molecular weight is 258 g/mol. The highest BCUT2D eigenvalue weighted by Gasteiger charge is 2.12. The van der Waals surface area contributed by atoms with Gasteiger partial charge >= 0.3 is 0 Å². The predicted molar refractivity (Wildman–Crippen MR) is 53.3 cm³/mol. The molecule has 0 aromatic heterocycles. The van der Waals surface area contributed by atoms with Crippen molar-refractivity contribution < 1.29 is 4.74 Å². The van der Waals surface area contributed by atoms with E-state index >= 15 is 0 Å². The van der Waals surface area contributed by atoms with Crippen molar-refractivity contribution >= 4 is 28.7 Å². The van der Waals surface area contributed by atoms with Gasteiger partial charge in [-0.3, -0.25) is 0 Å². The minimum atomic E-state index is 0.175. The molecular formula is C9H7IO. The lowest BCUT2D eigenvalue weighted by atomic mass is 10.1. The summed E-state index contributed by atoms with van der Waals surface area (Å²) < 4.78 is 5.49. The van der Waals surface area contributed by atoms with Crippen LogP contribution in [0, 0.1) is 0 Å². The highest BCUT2D eigenvalue weighted by Crippen LogP contribution is 2.31. The molecule has 0 radical (unpaired) electrons. The first kappa shape index (κ1) is 7.16. The zero-order valence-electron chi connectivity index (χ0n) is 5.83. The van der Waals surface area contributed by atoms with Gasteiger partial charge in [-0.15, -0.1) is 0 Å². The standard InChI is InChI=1S/C9H7IO/c10-9-8-4-2-1-3-7(8)5-6-11-9/h1-6,9H. The van der Waals surface area contributed by atoms with Crippen molar-refractivity contribution in [1.82, 2.24) is 0 Å². The number of ether oxygens (including phenoxy) is 1. The monoisotopic (exact) mass is 258 g/mol. The summed E-state index contributed by atoms with van der Waals surface area (Å²) in [6.07, 6.45) is 3.74. The minimum Gasteiger partial charge on any atom is -0.483 e. The molecule has 0 N–H and O–H groups in total. The molecule has 1 unspecified atom stereocenters. The Balaban J connectivity index is 2.54. The van der Waals surface area contributed by atoms with Gasteiger partial charge in [0.05, 0.1) is 6.26 Å². The molecule has 1 aromatic rings. The van der Waals surface area contributed by atoms with E-state index in [4.69, 9.17) is 4.74 Å². The maximum Gasteiger partial charge on any atom is 0.174 e. The zero-order valence-corrected chi connectivity index (χ0v) is 7.99. The van der Waals surface area contributed by atoms with Crippen molar-refractivity contribution in [1.29, 1.82) is 0 Å². The van der Waals surface area contributed by atoms with Crippen molar-refractivity contribution in [3.63, 3.8) is 0 Å². The van der Waals surface area contributed by atoms with Gasteiger partial charge in [0.15, 0.2) is 4.11 Å². The molecule has 1 atom stereocenters. The van der Waals surface area contributed by atoms with E-state index in [1.54, 1.807) is 6.26 Å². The topological polar surface area (TPSA) is 9.23 Å². The number of hydrogen-bond donors (Lipinski definition) is 0. The highest BCUT2D eigenvalue weighted by atomic mass is 127. The van der Waals surface area contributed by atoms with E-state index in [0.29, 0.717) is 0 Å². The molecule has 0 amide bonds. The molecule has 11 heavy (non-hydrogen) atoms. The summed E-state index contributed by atoms with van der Waals surface area (Å²) in [4.78, 5) is 0. The first-order valence-corrected chi connectivity index (χ1v) is 4.67. The van der Waals surface area contributed by atoms with E-state index in [9.17, 15) is 0 Å². The van der Waals surface area contributed by atoms with Gasteiger partial charge < -0.3 is 4.74 Å². The predicted octanol–water partition coefficient (Wildman–Crippen LogP) is 3.12. The second-order valence-electron chi connectivity index (χ2n) is 2.38. The summed E-state index contributed by atoms with van der Waals surface area (Å²) in [6, 6.07) is 8.26. The van der Waals surface area contributed by atoms with Crippen molar-refractivity contribution in [3.8, 4) is 0 Å². The molecule has 0 saturated heterocycles. The molecule has 0 spiro atoms. The van der Waals surface area contributed by atoms with Crippen LogP contribution in [0.25, 0.3) is 6.08 Å². The van der Waals surface area contributed by atoms with Crippen LogP contribution in [0.2, 0.25) is 0 Å². The fourth-order valence-corrected chi connectivity index (χ4v) is 1.86. The Hall–Kier alpha value is -0.510. The summed E-state index contributed by atoms with van der Waals surface area (Å²) in [5.74, 6) is 0. The van der Waals surface area contributed by atoms with E-state index in [-0.39, 0.29) is 4.11 Å². The first-order chi connectivity index (χ1) is 5.38. The Morgan fingerprint density at radius 2 is 2.09 bits per heavy atom. The molecule has 1 aliphatic rings. The van der Waals surface area contributed by atoms with Gasteiger partial charge in [-0.25, -0.2) is 0 Å². The maximum absolute atomic E-state index is 5.31. The molecule has 0 aliphatic carbocycles. The van der Waals surface area contributed by atoms with Crippen LogP contribution in [-0.2, 0) is 4.74 Å². The summed E-state index contributed by atoms with van der Waals surface area (Å²) >= 11 is 2.27. The summed E-state index contributed by atoms with van der Waals surface area (Å²) in [5.41, 5.74) is 2.52. The molecule has 2 heteroatoms. The fraction of sp³-hybridized carbons (Fsp3) is 0.111. The fourth-order valence-electron chi connectivity index (χ4n) is 1.12. The van der Waals surface area contributed by atoms with Crippen LogP contribution in [0.15, 0.2) is 30.5 Å². The molecule has 1 heterocycles. The second-order valence-corrected chi connectivity index (χ2v) is 3.52. The van der Waals surface area contributed by atoms with Crippen molar-refractivity contribution in [3.05, 3.63) is 41.7 Å². The number of rotatable bonds is 0. The number of hydrogen-bond acceptors (Lipinski definition) is 1. The number of fused-ring (bicyclic) bond motifs is 1. The van der Waals surface area contributed by atoms with Crippen LogP contribution in [-0.4, -0.2) is 0 Å². The average Bonchev–Trinajstić information content (AvgIpc) is 2.06. The van der Waals surface area contributed by atoms with E-state index in [2.05, 4.69) is 34.7 Å². The number of alkyl halides is 1. The molecule has 0 bridgehead atoms. The van der Waals surface area contributed by atoms with Crippen LogP contribution in [0.5, 0.6) is 0 Å². The van der Waals surface area contributed by atoms with Crippen LogP contribution in [0.1, 0.15) is 15.2 Å². The quantitative estimate of drug-likeness (QED) is 0.513. The van der Waals surface area contributed by atoms with Gasteiger partial charge in [0.25, 0.3) is 0 Å². The van der Waals surface area contributed by atoms with Crippen LogP contribution < -0.4 is 0 Å². The summed E-state index contributed by atoms with van der Waals surface area (Å²) in [5, 5.41) is 0. The Morgan fingerprint density at radius 3 is 2.91 bits per heavy atom. The Bertz CT molecular complexity index is 293. The van der Waals surface area contributed by atoms with E-state index in [0.717, 1.165) is 0 Å². The molecule has 56 valence electrons. The lowest BCUT2D eigenvalue weighted by Gasteiger charge is -2.16. The van der Waals surface area contributed by atoms with Gasteiger partial charge in [-0.05, 0) is 34.2 Å². The molecule has 1 aliphatic heterocycles. The third-order valence-corrected chi connectivity index (χ3v) is 2.65. The third-order valence-electron chi connectivity index (χ3n) is 1.69. The van der Waals surface area contributed by atoms with Crippen molar-refractivity contribution in [2.75, 3.05) is 0 Å².